The highest BCUT2D eigenvalue weighted by Crippen LogP contribution is 2.19. The summed E-state index contributed by atoms with van der Waals surface area (Å²) in [6, 6.07) is 18.1. The van der Waals surface area contributed by atoms with Crippen molar-refractivity contribution < 1.29 is 0 Å². The van der Waals surface area contributed by atoms with Crippen LogP contribution < -0.4 is 10.2 Å². The molecule has 1 heterocycles. The van der Waals surface area contributed by atoms with Crippen molar-refractivity contribution in [2.75, 3.05) is 36.4 Å². The van der Waals surface area contributed by atoms with Gasteiger partial charge in [-0.1, -0.05) is 29.8 Å². The molecule has 0 amide bonds. The molecule has 1 aliphatic rings. The largest absolute Gasteiger partial charge is 0.368 e. The van der Waals surface area contributed by atoms with Gasteiger partial charge in [0.05, 0.1) is 0 Å². The molecular formula is C17H18ClN3S. The Morgan fingerprint density at radius 1 is 0.909 bits per heavy atom. The molecule has 1 N–H and O–H groups in total. The summed E-state index contributed by atoms with van der Waals surface area (Å²) >= 11 is 11.4. The number of para-hydroxylation sites is 1. The summed E-state index contributed by atoms with van der Waals surface area (Å²) in [5.41, 5.74) is 2.25. The lowest BCUT2D eigenvalue weighted by atomic mass is 10.2. The maximum atomic E-state index is 5.94. The quantitative estimate of drug-likeness (QED) is 0.842. The molecule has 5 heteroatoms. The summed E-state index contributed by atoms with van der Waals surface area (Å²) in [6.07, 6.45) is 0. The molecule has 0 aromatic heterocycles. The lowest BCUT2D eigenvalue weighted by Crippen LogP contribution is -2.50. The van der Waals surface area contributed by atoms with Crippen LogP contribution in [0, 0.1) is 0 Å². The Kier molecular flexibility index (Phi) is 4.80. The number of piperazine rings is 1. The van der Waals surface area contributed by atoms with Gasteiger partial charge in [0.1, 0.15) is 0 Å². The summed E-state index contributed by atoms with van der Waals surface area (Å²) in [7, 11) is 0. The second-order valence-corrected chi connectivity index (χ2v) is 6.07. The molecule has 0 radical (unpaired) electrons. The van der Waals surface area contributed by atoms with Crippen molar-refractivity contribution in [2.24, 2.45) is 0 Å². The fraction of sp³-hybridized carbons (Fsp3) is 0.235. The van der Waals surface area contributed by atoms with Crippen molar-refractivity contribution in [3.8, 4) is 0 Å². The Morgan fingerprint density at radius 2 is 1.55 bits per heavy atom. The molecule has 0 bridgehead atoms. The number of anilines is 2. The lowest BCUT2D eigenvalue weighted by molar-refractivity contribution is 0.391. The minimum atomic E-state index is 0.774. The zero-order valence-corrected chi connectivity index (χ0v) is 13.8. The third kappa shape index (κ3) is 3.70. The van der Waals surface area contributed by atoms with E-state index in [2.05, 4.69) is 27.2 Å². The fourth-order valence-corrected chi connectivity index (χ4v) is 2.97. The van der Waals surface area contributed by atoms with Crippen LogP contribution in [0.2, 0.25) is 5.02 Å². The van der Waals surface area contributed by atoms with E-state index in [1.807, 2.05) is 42.5 Å². The van der Waals surface area contributed by atoms with E-state index in [0.717, 1.165) is 42.0 Å². The van der Waals surface area contributed by atoms with Gasteiger partial charge in [0.15, 0.2) is 5.11 Å². The monoisotopic (exact) mass is 331 g/mol. The molecule has 0 spiro atoms. The van der Waals surface area contributed by atoms with E-state index in [0.29, 0.717) is 0 Å². The van der Waals surface area contributed by atoms with Gasteiger partial charge in [-0.15, -0.1) is 0 Å². The second kappa shape index (κ2) is 6.99. The first-order chi connectivity index (χ1) is 10.7. The number of rotatable bonds is 2. The van der Waals surface area contributed by atoms with Crippen molar-refractivity contribution in [1.82, 2.24) is 4.90 Å². The molecule has 0 aliphatic carbocycles. The van der Waals surface area contributed by atoms with Crippen LogP contribution in [0.15, 0.2) is 54.6 Å². The normalized spacial score (nSPS) is 14.8. The standard InChI is InChI=1S/C17H18ClN3S/c18-14-6-8-16(9-7-14)20-10-12-21(13-11-20)17(22)19-15-4-2-1-3-5-15/h1-9H,10-13H2,(H,19,22). The number of benzene rings is 2. The van der Waals surface area contributed by atoms with Gasteiger partial charge in [0.2, 0.25) is 0 Å². The van der Waals surface area contributed by atoms with E-state index in [9.17, 15) is 0 Å². The summed E-state index contributed by atoms with van der Waals surface area (Å²) in [5.74, 6) is 0. The molecule has 0 saturated carbocycles. The Hall–Kier alpha value is -1.78. The average molecular weight is 332 g/mol. The fourth-order valence-electron chi connectivity index (χ4n) is 2.54. The third-order valence-corrected chi connectivity index (χ3v) is 4.40. The number of nitrogens with zero attached hydrogens (tertiary/aromatic N) is 2. The zero-order chi connectivity index (χ0) is 15.4. The molecule has 3 rings (SSSR count). The minimum Gasteiger partial charge on any atom is -0.368 e. The number of halogens is 1. The van der Waals surface area contributed by atoms with Crippen molar-refractivity contribution in [3.63, 3.8) is 0 Å². The van der Waals surface area contributed by atoms with Gasteiger partial charge >= 0.3 is 0 Å². The van der Waals surface area contributed by atoms with Crippen LogP contribution in [0.1, 0.15) is 0 Å². The van der Waals surface area contributed by atoms with Crippen molar-refractivity contribution in [3.05, 3.63) is 59.6 Å². The molecular weight excluding hydrogens is 314 g/mol. The van der Waals surface area contributed by atoms with Crippen LogP contribution in [-0.4, -0.2) is 36.2 Å². The van der Waals surface area contributed by atoms with Crippen molar-refractivity contribution >= 4 is 40.3 Å². The number of hydrogen-bond donors (Lipinski definition) is 1. The highest BCUT2D eigenvalue weighted by Gasteiger charge is 2.19. The maximum Gasteiger partial charge on any atom is 0.173 e. The van der Waals surface area contributed by atoms with Crippen molar-refractivity contribution in [2.45, 2.75) is 0 Å². The second-order valence-electron chi connectivity index (χ2n) is 5.25. The van der Waals surface area contributed by atoms with E-state index in [-0.39, 0.29) is 0 Å². The molecule has 1 saturated heterocycles. The van der Waals surface area contributed by atoms with Gasteiger partial charge in [-0.3, -0.25) is 0 Å². The summed E-state index contributed by atoms with van der Waals surface area (Å²) in [5, 5.41) is 4.86. The molecule has 3 nitrogen and oxygen atoms in total. The first kappa shape index (κ1) is 15.1. The predicted octanol–water partition coefficient (Wildman–Crippen LogP) is 3.86. The molecule has 0 atom stereocenters. The molecule has 2 aromatic rings. The van der Waals surface area contributed by atoms with Gasteiger partial charge in [-0.05, 0) is 48.6 Å². The van der Waals surface area contributed by atoms with Gasteiger partial charge in [0.25, 0.3) is 0 Å². The lowest BCUT2D eigenvalue weighted by Gasteiger charge is -2.37. The SMILES string of the molecule is S=C(Nc1ccccc1)N1CCN(c2ccc(Cl)cc2)CC1. The van der Waals surface area contributed by atoms with Crippen LogP contribution in [-0.2, 0) is 0 Å². The zero-order valence-electron chi connectivity index (χ0n) is 12.2. The Morgan fingerprint density at radius 3 is 2.18 bits per heavy atom. The molecule has 2 aromatic carbocycles. The molecule has 1 fully saturated rings. The van der Waals surface area contributed by atoms with Crippen LogP contribution in [0.5, 0.6) is 0 Å². The molecule has 114 valence electrons. The third-order valence-electron chi connectivity index (χ3n) is 3.78. The number of hydrogen-bond acceptors (Lipinski definition) is 2. The topological polar surface area (TPSA) is 18.5 Å². The van der Waals surface area contributed by atoms with E-state index in [1.54, 1.807) is 0 Å². The van der Waals surface area contributed by atoms with Gasteiger partial charge < -0.3 is 15.1 Å². The Labute approximate surface area is 141 Å². The first-order valence-corrected chi connectivity index (χ1v) is 8.12. The Balaban J connectivity index is 1.55. The van der Waals surface area contributed by atoms with Gasteiger partial charge in [-0.2, -0.15) is 0 Å². The van der Waals surface area contributed by atoms with E-state index < -0.39 is 0 Å². The summed E-state index contributed by atoms with van der Waals surface area (Å²) < 4.78 is 0. The predicted molar refractivity (Wildman–Crippen MR) is 97.9 cm³/mol. The highest BCUT2D eigenvalue weighted by molar-refractivity contribution is 7.80. The van der Waals surface area contributed by atoms with Crippen molar-refractivity contribution in [1.29, 1.82) is 0 Å². The van der Waals surface area contributed by atoms with E-state index in [4.69, 9.17) is 23.8 Å². The van der Waals surface area contributed by atoms with Crippen LogP contribution in [0.25, 0.3) is 0 Å². The molecule has 1 aliphatic heterocycles. The number of nitrogens with one attached hydrogen (secondary N) is 1. The highest BCUT2D eigenvalue weighted by atomic mass is 35.5. The summed E-state index contributed by atoms with van der Waals surface area (Å²) in [4.78, 5) is 4.58. The maximum absolute atomic E-state index is 5.94. The smallest absolute Gasteiger partial charge is 0.173 e. The van der Waals surface area contributed by atoms with Crippen LogP contribution >= 0.6 is 23.8 Å². The number of thiocarbonyl (C=S) groups is 1. The molecule has 22 heavy (non-hydrogen) atoms. The van der Waals surface area contributed by atoms with Crippen LogP contribution in [0.3, 0.4) is 0 Å². The van der Waals surface area contributed by atoms with Gasteiger partial charge in [-0.25, -0.2) is 0 Å². The van der Waals surface area contributed by atoms with E-state index >= 15 is 0 Å². The first-order valence-electron chi connectivity index (χ1n) is 7.34. The van der Waals surface area contributed by atoms with Crippen LogP contribution in [0.4, 0.5) is 11.4 Å². The summed E-state index contributed by atoms with van der Waals surface area (Å²) in [6.45, 7) is 3.75. The Bertz CT molecular complexity index is 622. The van der Waals surface area contributed by atoms with Gasteiger partial charge in [0, 0.05) is 42.6 Å². The molecule has 0 unspecified atom stereocenters. The average Bonchev–Trinajstić information content (AvgIpc) is 2.57. The van der Waals surface area contributed by atoms with E-state index in [1.165, 1.54) is 5.69 Å². The minimum absolute atomic E-state index is 0.774.